The minimum absolute atomic E-state index is 0.134. The van der Waals surface area contributed by atoms with E-state index in [4.69, 9.17) is 5.11 Å². The van der Waals surface area contributed by atoms with Gasteiger partial charge in [-0.3, -0.25) is 9.59 Å². The highest BCUT2D eigenvalue weighted by molar-refractivity contribution is 5.94. The predicted octanol–water partition coefficient (Wildman–Crippen LogP) is 2.94. The minimum Gasteiger partial charge on any atom is -0.481 e. The van der Waals surface area contributed by atoms with Gasteiger partial charge in [-0.2, -0.15) is 13.2 Å². The van der Waals surface area contributed by atoms with Crippen molar-refractivity contribution in [3.8, 4) is 0 Å². The standard InChI is InChI=1S/C14H16F3NO3/c1-9(13(20)21)3-2-8-18-12(19)10-4-6-11(7-5-10)14(15,16)17/h4-7,9H,2-3,8H2,1H3,(H,18,19)(H,20,21). The quantitative estimate of drug-likeness (QED) is 0.794. The number of amides is 1. The molecule has 116 valence electrons. The number of nitrogens with one attached hydrogen (secondary N) is 1. The van der Waals surface area contributed by atoms with E-state index in [0.29, 0.717) is 12.8 Å². The van der Waals surface area contributed by atoms with Crippen molar-refractivity contribution in [2.45, 2.75) is 25.9 Å². The first-order valence-corrected chi connectivity index (χ1v) is 6.40. The second-order valence-corrected chi connectivity index (χ2v) is 4.71. The van der Waals surface area contributed by atoms with Gasteiger partial charge in [-0.1, -0.05) is 6.92 Å². The summed E-state index contributed by atoms with van der Waals surface area (Å²) >= 11 is 0. The molecule has 0 aliphatic carbocycles. The maximum atomic E-state index is 12.4. The largest absolute Gasteiger partial charge is 0.481 e. The summed E-state index contributed by atoms with van der Waals surface area (Å²) < 4.78 is 37.1. The molecule has 1 amide bonds. The van der Waals surface area contributed by atoms with Gasteiger partial charge in [0, 0.05) is 12.1 Å². The zero-order valence-corrected chi connectivity index (χ0v) is 11.4. The van der Waals surface area contributed by atoms with Crippen LogP contribution in [0.25, 0.3) is 0 Å². The molecule has 0 heterocycles. The number of benzene rings is 1. The van der Waals surface area contributed by atoms with Crippen LogP contribution in [0.5, 0.6) is 0 Å². The molecule has 21 heavy (non-hydrogen) atoms. The Balaban J connectivity index is 2.44. The Morgan fingerprint density at radius 1 is 1.24 bits per heavy atom. The van der Waals surface area contributed by atoms with Crippen molar-refractivity contribution in [3.63, 3.8) is 0 Å². The first-order valence-electron chi connectivity index (χ1n) is 6.40. The molecule has 0 saturated heterocycles. The maximum Gasteiger partial charge on any atom is 0.416 e. The SMILES string of the molecule is CC(CCCNC(=O)c1ccc(C(F)(F)F)cc1)C(=O)O. The average molecular weight is 303 g/mol. The van der Waals surface area contributed by atoms with Crippen LogP contribution in [0.3, 0.4) is 0 Å². The summed E-state index contributed by atoms with van der Waals surface area (Å²) in [4.78, 5) is 22.3. The second kappa shape index (κ2) is 7.10. The van der Waals surface area contributed by atoms with Gasteiger partial charge in [0.05, 0.1) is 11.5 Å². The third-order valence-corrected chi connectivity index (χ3v) is 3.00. The van der Waals surface area contributed by atoms with Crippen LogP contribution >= 0.6 is 0 Å². The fraction of sp³-hybridized carbons (Fsp3) is 0.429. The fourth-order valence-corrected chi connectivity index (χ4v) is 1.65. The molecular weight excluding hydrogens is 287 g/mol. The number of carbonyl (C=O) groups is 2. The van der Waals surface area contributed by atoms with Gasteiger partial charge in [0.1, 0.15) is 0 Å². The number of halogens is 3. The summed E-state index contributed by atoms with van der Waals surface area (Å²) in [6.45, 7) is 1.84. The topological polar surface area (TPSA) is 66.4 Å². The Bertz CT molecular complexity index is 497. The summed E-state index contributed by atoms with van der Waals surface area (Å²) in [6.07, 6.45) is -3.52. The Morgan fingerprint density at radius 3 is 2.29 bits per heavy atom. The van der Waals surface area contributed by atoms with Crippen molar-refractivity contribution >= 4 is 11.9 Å². The highest BCUT2D eigenvalue weighted by Gasteiger charge is 2.30. The van der Waals surface area contributed by atoms with E-state index in [-0.39, 0.29) is 12.1 Å². The van der Waals surface area contributed by atoms with E-state index in [1.165, 1.54) is 0 Å². The number of carboxylic acid groups (broad SMARTS) is 1. The van der Waals surface area contributed by atoms with Gasteiger partial charge in [0.15, 0.2) is 0 Å². The number of carbonyl (C=O) groups excluding carboxylic acids is 1. The van der Waals surface area contributed by atoms with Crippen LogP contribution in [0.4, 0.5) is 13.2 Å². The van der Waals surface area contributed by atoms with Gasteiger partial charge in [-0.05, 0) is 37.1 Å². The third kappa shape index (κ3) is 5.45. The van der Waals surface area contributed by atoms with Crippen molar-refractivity contribution in [2.75, 3.05) is 6.54 Å². The molecule has 1 unspecified atom stereocenters. The number of alkyl halides is 3. The van der Waals surface area contributed by atoms with Crippen LogP contribution in [0.15, 0.2) is 24.3 Å². The van der Waals surface area contributed by atoms with Gasteiger partial charge in [-0.25, -0.2) is 0 Å². The first kappa shape index (κ1) is 17.0. The van der Waals surface area contributed by atoms with Crippen LogP contribution in [-0.4, -0.2) is 23.5 Å². The monoisotopic (exact) mass is 303 g/mol. The average Bonchev–Trinajstić information content (AvgIpc) is 2.42. The number of rotatable bonds is 6. The molecule has 0 aliphatic heterocycles. The van der Waals surface area contributed by atoms with Crippen molar-refractivity contribution in [1.82, 2.24) is 5.32 Å². The molecular formula is C14H16F3NO3. The number of hydrogen-bond donors (Lipinski definition) is 2. The molecule has 4 nitrogen and oxygen atoms in total. The molecule has 2 N–H and O–H groups in total. The van der Waals surface area contributed by atoms with Crippen LogP contribution in [0, 0.1) is 5.92 Å². The predicted molar refractivity (Wildman–Crippen MR) is 69.8 cm³/mol. The van der Waals surface area contributed by atoms with Gasteiger partial charge in [0.25, 0.3) is 5.91 Å². The molecule has 1 aromatic rings. The first-order chi connectivity index (χ1) is 9.71. The molecule has 0 aliphatic rings. The van der Waals surface area contributed by atoms with Crippen molar-refractivity contribution < 1.29 is 27.9 Å². The van der Waals surface area contributed by atoms with Crippen molar-refractivity contribution in [3.05, 3.63) is 35.4 Å². The molecule has 0 spiro atoms. The van der Waals surface area contributed by atoms with Gasteiger partial charge < -0.3 is 10.4 Å². The highest BCUT2D eigenvalue weighted by atomic mass is 19.4. The summed E-state index contributed by atoms with van der Waals surface area (Å²) in [5, 5.41) is 11.2. The Kier molecular flexibility index (Phi) is 5.75. The Labute approximate surface area is 120 Å². The lowest BCUT2D eigenvalue weighted by Crippen LogP contribution is -2.25. The minimum atomic E-state index is -4.43. The fourth-order valence-electron chi connectivity index (χ4n) is 1.65. The summed E-state index contributed by atoms with van der Waals surface area (Å²) in [5.74, 6) is -1.87. The molecule has 1 rings (SSSR count). The lowest BCUT2D eigenvalue weighted by atomic mass is 10.1. The van der Waals surface area contributed by atoms with E-state index in [1.807, 2.05) is 0 Å². The third-order valence-electron chi connectivity index (χ3n) is 3.00. The number of carboxylic acids is 1. The zero-order chi connectivity index (χ0) is 16.0. The lowest BCUT2D eigenvalue weighted by Gasteiger charge is -2.09. The van der Waals surface area contributed by atoms with Crippen LogP contribution in [-0.2, 0) is 11.0 Å². The van der Waals surface area contributed by atoms with Gasteiger partial charge in [0.2, 0.25) is 0 Å². The smallest absolute Gasteiger partial charge is 0.416 e. The molecule has 0 fully saturated rings. The second-order valence-electron chi connectivity index (χ2n) is 4.71. The molecule has 7 heteroatoms. The molecule has 0 radical (unpaired) electrons. The van der Waals surface area contributed by atoms with E-state index in [1.54, 1.807) is 6.92 Å². The molecule has 0 saturated carbocycles. The Morgan fingerprint density at radius 2 is 1.81 bits per heavy atom. The number of hydrogen-bond acceptors (Lipinski definition) is 2. The van der Waals surface area contributed by atoms with E-state index in [2.05, 4.69) is 5.32 Å². The summed E-state index contributed by atoms with van der Waals surface area (Å²) in [7, 11) is 0. The van der Waals surface area contributed by atoms with Crippen LogP contribution in [0.1, 0.15) is 35.7 Å². The van der Waals surface area contributed by atoms with E-state index < -0.39 is 29.5 Å². The zero-order valence-electron chi connectivity index (χ0n) is 11.4. The summed E-state index contributed by atoms with van der Waals surface area (Å²) in [6, 6.07) is 3.92. The number of aliphatic carboxylic acids is 1. The normalized spacial score (nSPS) is 12.8. The Hall–Kier alpha value is -2.05. The van der Waals surface area contributed by atoms with Gasteiger partial charge in [-0.15, -0.1) is 0 Å². The van der Waals surface area contributed by atoms with Gasteiger partial charge >= 0.3 is 12.1 Å². The van der Waals surface area contributed by atoms with E-state index >= 15 is 0 Å². The molecule has 1 atom stereocenters. The summed E-state index contributed by atoms with van der Waals surface area (Å²) in [5.41, 5.74) is -0.677. The van der Waals surface area contributed by atoms with Crippen LogP contribution < -0.4 is 5.32 Å². The maximum absolute atomic E-state index is 12.4. The molecule has 0 aromatic heterocycles. The highest BCUT2D eigenvalue weighted by Crippen LogP contribution is 2.29. The molecule has 1 aromatic carbocycles. The molecule has 0 bridgehead atoms. The van der Waals surface area contributed by atoms with Crippen LogP contribution in [0.2, 0.25) is 0 Å². The van der Waals surface area contributed by atoms with E-state index in [0.717, 1.165) is 24.3 Å². The van der Waals surface area contributed by atoms with Crippen molar-refractivity contribution in [2.24, 2.45) is 5.92 Å². The van der Waals surface area contributed by atoms with Crippen molar-refractivity contribution in [1.29, 1.82) is 0 Å². The lowest BCUT2D eigenvalue weighted by molar-refractivity contribution is -0.141. The van der Waals surface area contributed by atoms with E-state index in [9.17, 15) is 22.8 Å².